The maximum Gasteiger partial charge on any atom is 0.0708 e. The Bertz CT molecular complexity index is 672. The van der Waals surface area contributed by atoms with Crippen molar-refractivity contribution >= 4 is 10.9 Å². The molecule has 0 amide bonds. The molecule has 0 atom stereocenters. The monoisotopic (exact) mass is 232 g/mol. The standard InChI is InChI=1S/C17H14N/c1-13-11-15(12-14-7-3-2-4-8-14)16-9-5-6-10-17(16)18-13/h3-11H,12H2,1H3. The second kappa shape index (κ2) is 4.61. The molecule has 0 aliphatic carbocycles. The lowest BCUT2D eigenvalue weighted by Gasteiger charge is -2.07. The van der Waals surface area contributed by atoms with Crippen molar-refractivity contribution in [3.63, 3.8) is 0 Å². The van der Waals surface area contributed by atoms with Crippen LogP contribution in [0.5, 0.6) is 0 Å². The molecule has 0 N–H and O–H groups in total. The van der Waals surface area contributed by atoms with Gasteiger partial charge in [-0.2, -0.15) is 0 Å². The van der Waals surface area contributed by atoms with E-state index in [2.05, 4.69) is 54.4 Å². The SMILES string of the molecule is Cc1cc(Cc2cc[c]cc2)c2ccccc2n1. The summed E-state index contributed by atoms with van der Waals surface area (Å²) in [5, 5.41) is 1.25. The number of aromatic nitrogens is 1. The Kier molecular flexibility index (Phi) is 2.81. The molecular weight excluding hydrogens is 218 g/mol. The van der Waals surface area contributed by atoms with E-state index >= 15 is 0 Å². The Balaban J connectivity index is 2.11. The van der Waals surface area contributed by atoms with Crippen molar-refractivity contribution in [2.75, 3.05) is 0 Å². The second-order valence-electron chi connectivity index (χ2n) is 4.52. The molecule has 18 heavy (non-hydrogen) atoms. The highest BCUT2D eigenvalue weighted by Crippen LogP contribution is 2.20. The van der Waals surface area contributed by atoms with Crippen LogP contribution in [-0.2, 0) is 6.42 Å². The lowest BCUT2D eigenvalue weighted by molar-refractivity contribution is 1.16. The third kappa shape index (κ3) is 2.12. The molecule has 87 valence electrons. The van der Waals surface area contributed by atoms with Gasteiger partial charge in [0.05, 0.1) is 5.52 Å². The molecule has 3 aromatic rings. The van der Waals surface area contributed by atoms with E-state index in [0.717, 1.165) is 17.6 Å². The summed E-state index contributed by atoms with van der Waals surface area (Å²) in [6, 6.07) is 21.7. The average Bonchev–Trinajstić information content (AvgIpc) is 2.40. The third-order valence-corrected chi connectivity index (χ3v) is 3.11. The highest BCUT2D eigenvalue weighted by Gasteiger charge is 2.04. The predicted molar refractivity (Wildman–Crippen MR) is 74.6 cm³/mol. The van der Waals surface area contributed by atoms with Crippen LogP contribution in [0.15, 0.2) is 54.6 Å². The van der Waals surface area contributed by atoms with E-state index in [4.69, 9.17) is 0 Å². The van der Waals surface area contributed by atoms with Crippen molar-refractivity contribution in [2.45, 2.75) is 13.3 Å². The third-order valence-electron chi connectivity index (χ3n) is 3.11. The van der Waals surface area contributed by atoms with Crippen LogP contribution < -0.4 is 0 Å². The number of pyridine rings is 1. The molecule has 0 fully saturated rings. The van der Waals surface area contributed by atoms with Gasteiger partial charge in [0.2, 0.25) is 0 Å². The van der Waals surface area contributed by atoms with Gasteiger partial charge in [-0.25, -0.2) is 0 Å². The van der Waals surface area contributed by atoms with Crippen LogP contribution in [0.3, 0.4) is 0 Å². The van der Waals surface area contributed by atoms with Gasteiger partial charge >= 0.3 is 0 Å². The first kappa shape index (κ1) is 11.0. The van der Waals surface area contributed by atoms with Crippen LogP contribution in [0.4, 0.5) is 0 Å². The van der Waals surface area contributed by atoms with E-state index in [1.54, 1.807) is 0 Å². The summed E-state index contributed by atoms with van der Waals surface area (Å²) in [6.45, 7) is 2.05. The van der Waals surface area contributed by atoms with Crippen molar-refractivity contribution in [1.29, 1.82) is 0 Å². The minimum Gasteiger partial charge on any atom is -0.253 e. The van der Waals surface area contributed by atoms with Crippen molar-refractivity contribution in [3.8, 4) is 0 Å². The molecule has 0 aliphatic rings. The van der Waals surface area contributed by atoms with Crippen molar-refractivity contribution in [2.24, 2.45) is 0 Å². The zero-order valence-electron chi connectivity index (χ0n) is 10.4. The van der Waals surface area contributed by atoms with Gasteiger partial charge in [0, 0.05) is 11.1 Å². The van der Waals surface area contributed by atoms with Crippen molar-refractivity contribution in [1.82, 2.24) is 4.98 Å². The number of benzene rings is 2. The summed E-state index contributed by atoms with van der Waals surface area (Å²) in [5.74, 6) is 0. The van der Waals surface area contributed by atoms with E-state index in [9.17, 15) is 0 Å². The molecule has 3 rings (SSSR count). The summed E-state index contributed by atoms with van der Waals surface area (Å²) >= 11 is 0. The number of hydrogen-bond acceptors (Lipinski definition) is 1. The summed E-state index contributed by atoms with van der Waals surface area (Å²) in [4.78, 5) is 4.57. The van der Waals surface area contributed by atoms with Gasteiger partial charge in [0.25, 0.3) is 0 Å². The Morgan fingerprint density at radius 3 is 2.67 bits per heavy atom. The van der Waals surface area contributed by atoms with Crippen LogP contribution in [0.25, 0.3) is 10.9 Å². The Morgan fingerprint density at radius 1 is 1.06 bits per heavy atom. The number of rotatable bonds is 2. The van der Waals surface area contributed by atoms with E-state index in [1.807, 2.05) is 18.2 Å². The fraction of sp³-hybridized carbons (Fsp3) is 0.118. The van der Waals surface area contributed by atoms with Crippen LogP contribution in [-0.4, -0.2) is 4.98 Å². The number of para-hydroxylation sites is 1. The minimum atomic E-state index is 0.943. The van der Waals surface area contributed by atoms with Gasteiger partial charge in [0.15, 0.2) is 0 Å². The maximum atomic E-state index is 4.57. The number of nitrogens with zero attached hydrogens (tertiary/aromatic N) is 1. The topological polar surface area (TPSA) is 12.9 Å². The summed E-state index contributed by atoms with van der Waals surface area (Å²) in [5.41, 5.74) is 4.80. The van der Waals surface area contributed by atoms with Crippen LogP contribution in [0, 0.1) is 13.0 Å². The quantitative estimate of drug-likeness (QED) is 0.652. The molecule has 0 unspecified atom stereocenters. The smallest absolute Gasteiger partial charge is 0.0708 e. The van der Waals surface area contributed by atoms with Gasteiger partial charge < -0.3 is 0 Å². The Morgan fingerprint density at radius 2 is 1.83 bits per heavy atom. The summed E-state index contributed by atoms with van der Waals surface area (Å²) < 4.78 is 0. The highest BCUT2D eigenvalue weighted by molar-refractivity contribution is 5.82. The first-order valence-electron chi connectivity index (χ1n) is 6.13. The van der Waals surface area contributed by atoms with Gasteiger partial charge in [-0.1, -0.05) is 42.5 Å². The average molecular weight is 232 g/mol. The maximum absolute atomic E-state index is 4.57. The molecule has 0 spiro atoms. The van der Waals surface area contributed by atoms with Crippen molar-refractivity contribution in [3.05, 3.63) is 77.5 Å². The van der Waals surface area contributed by atoms with Gasteiger partial charge in [0.1, 0.15) is 0 Å². The fourth-order valence-electron chi connectivity index (χ4n) is 2.30. The summed E-state index contributed by atoms with van der Waals surface area (Å²) in [7, 11) is 0. The molecule has 1 radical (unpaired) electrons. The normalized spacial score (nSPS) is 10.7. The molecule has 1 heteroatoms. The van der Waals surface area contributed by atoms with E-state index in [1.165, 1.54) is 16.5 Å². The zero-order chi connectivity index (χ0) is 12.4. The van der Waals surface area contributed by atoms with Crippen LogP contribution in [0.2, 0.25) is 0 Å². The molecular formula is C17H14N. The molecule has 0 saturated heterocycles. The predicted octanol–water partition coefficient (Wildman–Crippen LogP) is 3.93. The molecule has 1 aromatic heterocycles. The molecule has 2 aromatic carbocycles. The molecule has 1 nitrogen and oxygen atoms in total. The van der Waals surface area contributed by atoms with Gasteiger partial charge in [-0.15, -0.1) is 0 Å². The lowest BCUT2D eigenvalue weighted by atomic mass is 10.0. The van der Waals surface area contributed by atoms with E-state index in [0.29, 0.717) is 0 Å². The summed E-state index contributed by atoms with van der Waals surface area (Å²) in [6.07, 6.45) is 0.943. The van der Waals surface area contributed by atoms with E-state index < -0.39 is 0 Å². The Hall–Kier alpha value is -2.15. The van der Waals surface area contributed by atoms with Gasteiger partial charge in [-0.3, -0.25) is 4.98 Å². The van der Waals surface area contributed by atoms with E-state index in [-0.39, 0.29) is 0 Å². The number of hydrogen-bond donors (Lipinski definition) is 0. The van der Waals surface area contributed by atoms with Gasteiger partial charge in [-0.05, 0) is 42.7 Å². The zero-order valence-corrected chi connectivity index (χ0v) is 10.4. The first-order valence-corrected chi connectivity index (χ1v) is 6.13. The molecule has 1 heterocycles. The highest BCUT2D eigenvalue weighted by atomic mass is 14.7. The minimum absolute atomic E-state index is 0.943. The molecule has 0 aliphatic heterocycles. The Labute approximate surface area is 107 Å². The van der Waals surface area contributed by atoms with Crippen molar-refractivity contribution < 1.29 is 0 Å². The molecule has 0 saturated carbocycles. The van der Waals surface area contributed by atoms with Crippen LogP contribution in [0.1, 0.15) is 16.8 Å². The number of fused-ring (bicyclic) bond motifs is 1. The fourth-order valence-corrected chi connectivity index (χ4v) is 2.30. The molecule has 0 bridgehead atoms. The second-order valence-corrected chi connectivity index (χ2v) is 4.52. The lowest BCUT2D eigenvalue weighted by Crippen LogP contribution is -1.93. The number of aryl methyl sites for hydroxylation is 1. The van der Waals surface area contributed by atoms with Crippen LogP contribution >= 0.6 is 0 Å². The largest absolute Gasteiger partial charge is 0.253 e. The first-order chi connectivity index (χ1) is 8.83.